The Morgan fingerprint density at radius 2 is 1.33 bits per heavy atom. The second-order valence-corrected chi connectivity index (χ2v) is 11.3. The summed E-state index contributed by atoms with van der Waals surface area (Å²) >= 11 is 0. The first-order chi connectivity index (χ1) is 21.9. The predicted molar refractivity (Wildman–Crippen MR) is 181 cm³/mol. The Kier molecular flexibility index (Phi) is 7.23. The number of aliphatic hydroxyl groups excluding tert-OH is 1. The minimum absolute atomic E-state index is 0.162. The fourth-order valence-electron chi connectivity index (χ4n) is 5.85. The largest absolute Gasteiger partial charge is 0.462 e. The molecule has 2 aromatic carbocycles. The number of rotatable bonds is 5. The lowest BCUT2D eigenvalue weighted by atomic mass is 10.0. The molecule has 0 spiro atoms. The van der Waals surface area contributed by atoms with Gasteiger partial charge in [0.05, 0.1) is 41.5 Å². The van der Waals surface area contributed by atoms with Gasteiger partial charge in [0.15, 0.2) is 0 Å². The van der Waals surface area contributed by atoms with Crippen molar-refractivity contribution in [1.29, 1.82) is 0 Å². The quantitative estimate of drug-likeness (QED) is 0.175. The molecule has 0 amide bonds. The smallest absolute Gasteiger partial charge is 0.342 e. The summed E-state index contributed by atoms with van der Waals surface area (Å²) in [6.07, 6.45) is 5.73. The van der Waals surface area contributed by atoms with Crippen molar-refractivity contribution >= 4 is 51.8 Å². The highest BCUT2D eigenvalue weighted by Crippen LogP contribution is 2.35. The van der Waals surface area contributed by atoms with Gasteiger partial charge in [-0.3, -0.25) is 0 Å². The Labute approximate surface area is 260 Å². The zero-order valence-corrected chi connectivity index (χ0v) is 25.3. The standard InChI is InChI=1S/C38H32N4O3/c1-4-45-38(44)37-31-17-15-29(40-31)35(24-9-5-22(2)6-10-24)28-14-13-27(39-28)20-33-26(21-43)19-34(42-33)36(30-16-18-32(37)41-30)25-11-7-23(3)8-12-25/h5-20,39,41,43H,4,21H2,1-3H3. The molecule has 5 aromatic rings. The van der Waals surface area contributed by atoms with E-state index in [9.17, 15) is 9.90 Å². The summed E-state index contributed by atoms with van der Waals surface area (Å²) in [5.41, 5.74) is 12.7. The van der Waals surface area contributed by atoms with E-state index >= 15 is 0 Å². The Morgan fingerprint density at radius 3 is 2.00 bits per heavy atom. The molecule has 2 aliphatic heterocycles. The van der Waals surface area contributed by atoms with Crippen molar-refractivity contribution in [2.75, 3.05) is 13.2 Å². The number of aromatic nitrogens is 4. The van der Waals surface area contributed by atoms with Crippen LogP contribution in [0, 0.1) is 13.8 Å². The molecule has 45 heavy (non-hydrogen) atoms. The van der Waals surface area contributed by atoms with Crippen molar-refractivity contribution in [2.45, 2.75) is 20.8 Å². The lowest BCUT2D eigenvalue weighted by molar-refractivity contribution is 0.0528. The van der Waals surface area contributed by atoms with Crippen molar-refractivity contribution in [3.05, 3.63) is 118 Å². The van der Waals surface area contributed by atoms with E-state index < -0.39 is 5.97 Å². The van der Waals surface area contributed by atoms with Crippen LogP contribution in [0.4, 0.5) is 0 Å². The average Bonchev–Trinajstić information content (AvgIpc) is 3.85. The monoisotopic (exact) mass is 592 g/mol. The van der Waals surface area contributed by atoms with Crippen molar-refractivity contribution in [1.82, 2.24) is 19.9 Å². The van der Waals surface area contributed by atoms with E-state index in [0.29, 0.717) is 33.7 Å². The Bertz CT molecular complexity index is 2180. The van der Waals surface area contributed by atoms with Gasteiger partial charge < -0.3 is 19.8 Å². The number of fused-ring (bicyclic) bond motifs is 8. The molecule has 5 heterocycles. The number of nitrogens with zero attached hydrogens (tertiary/aromatic N) is 2. The maximum Gasteiger partial charge on any atom is 0.342 e. The van der Waals surface area contributed by atoms with E-state index in [2.05, 4.69) is 65.4 Å². The van der Waals surface area contributed by atoms with Gasteiger partial charge in [0.1, 0.15) is 5.56 Å². The van der Waals surface area contributed by atoms with Gasteiger partial charge in [0.2, 0.25) is 0 Å². The maximum absolute atomic E-state index is 13.5. The van der Waals surface area contributed by atoms with Gasteiger partial charge in [0, 0.05) is 33.3 Å². The maximum atomic E-state index is 13.5. The average molecular weight is 593 g/mol. The molecule has 3 N–H and O–H groups in total. The first-order valence-electron chi connectivity index (χ1n) is 15.0. The van der Waals surface area contributed by atoms with E-state index in [1.807, 2.05) is 55.5 Å². The normalized spacial score (nSPS) is 12.3. The molecule has 0 saturated heterocycles. The molecule has 7 nitrogen and oxygen atoms in total. The second-order valence-electron chi connectivity index (χ2n) is 11.3. The number of benzene rings is 2. The molecule has 0 aliphatic carbocycles. The molecule has 0 atom stereocenters. The SMILES string of the molecule is CCOC(=O)c1c2nc(c(-c3ccc(C)cc3)c3ccc(cc4nc(c(-c5ccc(C)cc5)c5ccc1[nH]5)C=C4CO)[nH]3)C=C2. The molecule has 0 fully saturated rings. The highest BCUT2D eigenvalue weighted by molar-refractivity contribution is 6.03. The summed E-state index contributed by atoms with van der Waals surface area (Å²) in [6, 6.07) is 26.3. The summed E-state index contributed by atoms with van der Waals surface area (Å²) in [5, 5.41) is 10.4. The third kappa shape index (κ3) is 5.28. The van der Waals surface area contributed by atoms with E-state index in [1.165, 1.54) is 0 Å². The molecular weight excluding hydrogens is 560 g/mol. The molecule has 7 heteroatoms. The number of aliphatic hydroxyl groups is 1. The fourth-order valence-corrected chi connectivity index (χ4v) is 5.85. The molecule has 222 valence electrons. The van der Waals surface area contributed by atoms with Gasteiger partial charge in [-0.25, -0.2) is 14.8 Å². The van der Waals surface area contributed by atoms with E-state index in [4.69, 9.17) is 14.7 Å². The Hall–Kier alpha value is -5.53. The summed E-state index contributed by atoms with van der Waals surface area (Å²) < 4.78 is 5.55. The van der Waals surface area contributed by atoms with Gasteiger partial charge in [-0.2, -0.15) is 0 Å². The van der Waals surface area contributed by atoms with Gasteiger partial charge in [0.25, 0.3) is 0 Å². The van der Waals surface area contributed by atoms with Gasteiger partial charge in [-0.05, 0) is 80.5 Å². The molecule has 0 saturated carbocycles. The van der Waals surface area contributed by atoms with Crippen molar-refractivity contribution in [3.63, 3.8) is 0 Å². The zero-order valence-electron chi connectivity index (χ0n) is 25.3. The van der Waals surface area contributed by atoms with E-state index in [-0.39, 0.29) is 13.2 Å². The van der Waals surface area contributed by atoms with Crippen LogP contribution in [0.2, 0.25) is 0 Å². The number of ether oxygens (including phenoxy) is 1. The number of hydrogen-bond donors (Lipinski definition) is 3. The van der Waals surface area contributed by atoms with E-state index in [0.717, 1.165) is 55.6 Å². The minimum Gasteiger partial charge on any atom is -0.462 e. The topological polar surface area (TPSA) is 104 Å². The van der Waals surface area contributed by atoms with Crippen molar-refractivity contribution < 1.29 is 14.6 Å². The number of H-pyrrole nitrogens is 2. The van der Waals surface area contributed by atoms with Crippen LogP contribution in [-0.4, -0.2) is 44.2 Å². The second kappa shape index (κ2) is 11.5. The molecule has 2 aliphatic rings. The number of aromatic amines is 2. The van der Waals surface area contributed by atoms with Crippen LogP contribution in [0.1, 0.15) is 51.2 Å². The van der Waals surface area contributed by atoms with Crippen LogP contribution in [0.15, 0.2) is 78.9 Å². The van der Waals surface area contributed by atoms with Crippen LogP contribution >= 0.6 is 0 Å². The summed E-state index contributed by atoms with van der Waals surface area (Å²) in [7, 11) is 0. The fraction of sp³-hybridized carbons (Fsp3) is 0.132. The summed E-state index contributed by atoms with van der Waals surface area (Å²) in [4.78, 5) is 30.6. The zero-order chi connectivity index (χ0) is 31.1. The third-order valence-corrected chi connectivity index (χ3v) is 8.11. The molecule has 3 aromatic heterocycles. The molecular formula is C38H32N4O3. The number of esters is 1. The van der Waals surface area contributed by atoms with Crippen molar-refractivity contribution in [3.8, 4) is 22.3 Å². The van der Waals surface area contributed by atoms with Crippen LogP contribution in [0.3, 0.4) is 0 Å². The summed E-state index contributed by atoms with van der Waals surface area (Å²) in [5.74, 6) is -0.460. The van der Waals surface area contributed by atoms with Crippen molar-refractivity contribution in [2.24, 2.45) is 0 Å². The third-order valence-electron chi connectivity index (χ3n) is 8.11. The van der Waals surface area contributed by atoms with Gasteiger partial charge >= 0.3 is 5.97 Å². The molecule has 7 rings (SSSR count). The van der Waals surface area contributed by atoms with Gasteiger partial charge in [-0.1, -0.05) is 59.7 Å². The van der Waals surface area contributed by atoms with Crippen LogP contribution in [0.25, 0.3) is 68.1 Å². The first kappa shape index (κ1) is 28.3. The Balaban J connectivity index is 1.64. The summed E-state index contributed by atoms with van der Waals surface area (Å²) in [6.45, 7) is 5.97. The molecule has 0 unspecified atom stereocenters. The highest BCUT2D eigenvalue weighted by atomic mass is 16.5. The minimum atomic E-state index is -0.460. The molecule has 0 radical (unpaired) electrons. The van der Waals surface area contributed by atoms with Crippen LogP contribution in [-0.2, 0) is 4.74 Å². The Morgan fingerprint density at radius 1 is 0.733 bits per heavy atom. The van der Waals surface area contributed by atoms with E-state index in [1.54, 1.807) is 6.92 Å². The highest BCUT2D eigenvalue weighted by Gasteiger charge is 2.21. The van der Waals surface area contributed by atoms with Gasteiger partial charge in [-0.15, -0.1) is 0 Å². The van der Waals surface area contributed by atoms with Crippen LogP contribution in [0.5, 0.6) is 0 Å². The lowest BCUT2D eigenvalue weighted by Gasteiger charge is -2.06. The number of carbonyl (C=O) groups is 1. The van der Waals surface area contributed by atoms with Crippen LogP contribution < -0.4 is 0 Å². The number of nitrogens with one attached hydrogen (secondary N) is 2. The first-order valence-corrected chi connectivity index (χ1v) is 15.0. The lowest BCUT2D eigenvalue weighted by Crippen LogP contribution is -2.07. The number of hydrogen-bond acceptors (Lipinski definition) is 5. The number of carbonyl (C=O) groups excluding carboxylic acids is 1. The predicted octanol–water partition coefficient (Wildman–Crippen LogP) is 8.15. The number of aryl methyl sites for hydroxylation is 2. The molecule has 8 bridgehead atoms.